The normalized spacial score (nSPS) is 12.1. The van der Waals surface area contributed by atoms with Gasteiger partial charge in [0, 0.05) is 20.1 Å². The number of hydrogen-bond acceptors (Lipinski definition) is 3. The number of aryl methyl sites for hydroxylation is 1. The predicted octanol–water partition coefficient (Wildman–Crippen LogP) is 2.39. The Morgan fingerprint density at radius 1 is 1.25 bits per heavy atom. The van der Waals surface area contributed by atoms with Crippen LogP contribution in [0.25, 0.3) is 0 Å². The Kier molecular flexibility index (Phi) is 6.65. The van der Waals surface area contributed by atoms with Crippen LogP contribution in [0.2, 0.25) is 0 Å². The Balaban J connectivity index is 3.17. The second-order valence-corrected chi connectivity index (χ2v) is 7.02. The summed E-state index contributed by atoms with van der Waals surface area (Å²) in [6.07, 6.45) is 2.59. The van der Waals surface area contributed by atoms with Gasteiger partial charge in [0.25, 0.3) is 0 Å². The van der Waals surface area contributed by atoms with Gasteiger partial charge in [-0.3, -0.25) is 0 Å². The summed E-state index contributed by atoms with van der Waals surface area (Å²) in [6.45, 7) is 5.28. The molecular formula is C15H26N2O2S. The summed E-state index contributed by atoms with van der Waals surface area (Å²) in [5.41, 5.74) is 1.88. The van der Waals surface area contributed by atoms with E-state index in [2.05, 4.69) is 12.2 Å². The highest BCUT2D eigenvalue weighted by Crippen LogP contribution is 2.22. The van der Waals surface area contributed by atoms with Gasteiger partial charge < -0.3 is 5.32 Å². The zero-order valence-electron chi connectivity index (χ0n) is 12.9. The predicted molar refractivity (Wildman–Crippen MR) is 83.3 cm³/mol. The maximum Gasteiger partial charge on any atom is 0.243 e. The second kappa shape index (κ2) is 7.76. The van der Waals surface area contributed by atoms with Gasteiger partial charge in [-0.2, -0.15) is 0 Å². The summed E-state index contributed by atoms with van der Waals surface area (Å²) in [5, 5.41) is 3.06. The van der Waals surface area contributed by atoms with Gasteiger partial charge in [-0.25, -0.2) is 12.7 Å². The Labute approximate surface area is 123 Å². The number of unbranched alkanes of at least 4 members (excludes halogenated alkanes) is 1. The third-order valence-electron chi connectivity index (χ3n) is 3.41. The lowest BCUT2D eigenvalue weighted by Crippen LogP contribution is -2.29. The smallest absolute Gasteiger partial charge is 0.243 e. The monoisotopic (exact) mass is 298 g/mol. The van der Waals surface area contributed by atoms with Crippen LogP contribution < -0.4 is 5.32 Å². The lowest BCUT2D eigenvalue weighted by Gasteiger charge is -2.19. The molecule has 0 aliphatic heterocycles. The van der Waals surface area contributed by atoms with Gasteiger partial charge in [-0.1, -0.05) is 32.4 Å². The third kappa shape index (κ3) is 4.04. The average molecular weight is 298 g/mol. The van der Waals surface area contributed by atoms with Crippen LogP contribution in [-0.4, -0.2) is 33.4 Å². The second-order valence-electron chi connectivity index (χ2n) is 5.01. The van der Waals surface area contributed by atoms with E-state index in [4.69, 9.17) is 0 Å². The van der Waals surface area contributed by atoms with Crippen LogP contribution in [-0.2, 0) is 23.0 Å². The largest absolute Gasteiger partial charge is 0.316 e. The van der Waals surface area contributed by atoms with Crippen LogP contribution in [0.3, 0.4) is 0 Å². The SMILES string of the molecule is CCCCN(C)S(=O)(=O)c1cc(CNC)ccc1CC. The number of hydrogen-bond donors (Lipinski definition) is 1. The minimum absolute atomic E-state index is 0.450. The first-order valence-electron chi connectivity index (χ1n) is 7.20. The Bertz CT molecular complexity index is 527. The fourth-order valence-electron chi connectivity index (χ4n) is 2.11. The zero-order chi connectivity index (χ0) is 15.2. The summed E-state index contributed by atoms with van der Waals surface area (Å²) < 4.78 is 26.8. The van der Waals surface area contributed by atoms with Crippen LogP contribution in [0.15, 0.2) is 23.1 Å². The molecule has 0 bridgehead atoms. The first kappa shape index (κ1) is 17.1. The number of benzene rings is 1. The molecule has 20 heavy (non-hydrogen) atoms. The molecule has 0 aliphatic rings. The highest BCUT2D eigenvalue weighted by atomic mass is 32.2. The number of nitrogens with zero attached hydrogens (tertiary/aromatic N) is 1. The van der Waals surface area contributed by atoms with Gasteiger partial charge in [0.15, 0.2) is 0 Å². The molecule has 1 aromatic rings. The van der Waals surface area contributed by atoms with Crippen molar-refractivity contribution in [3.05, 3.63) is 29.3 Å². The Morgan fingerprint density at radius 2 is 1.95 bits per heavy atom. The fraction of sp³-hybridized carbons (Fsp3) is 0.600. The van der Waals surface area contributed by atoms with E-state index in [0.29, 0.717) is 18.0 Å². The number of sulfonamides is 1. The van der Waals surface area contributed by atoms with E-state index in [1.54, 1.807) is 13.1 Å². The first-order chi connectivity index (χ1) is 9.47. The van der Waals surface area contributed by atoms with Gasteiger partial charge >= 0.3 is 0 Å². The van der Waals surface area contributed by atoms with Crippen molar-refractivity contribution in [3.63, 3.8) is 0 Å². The van der Waals surface area contributed by atoms with Crippen molar-refractivity contribution < 1.29 is 8.42 Å². The van der Waals surface area contributed by atoms with Gasteiger partial charge in [-0.15, -0.1) is 0 Å². The third-order valence-corrected chi connectivity index (χ3v) is 5.35. The van der Waals surface area contributed by atoms with E-state index >= 15 is 0 Å². The Morgan fingerprint density at radius 3 is 2.50 bits per heavy atom. The average Bonchev–Trinajstić information content (AvgIpc) is 2.44. The van der Waals surface area contributed by atoms with Gasteiger partial charge in [0.1, 0.15) is 0 Å². The molecule has 0 aromatic heterocycles. The zero-order valence-corrected chi connectivity index (χ0v) is 13.8. The van der Waals surface area contributed by atoms with Crippen molar-refractivity contribution in [3.8, 4) is 0 Å². The molecule has 0 atom stereocenters. The maximum absolute atomic E-state index is 12.7. The van der Waals surface area contributed by atoms with E-state index in [1.807, 2.05) is 26.1 Å². The molecule has 5 heteroatoms. The van der Waals surface area contributed by atoms with Crippen molar-refractivity contribution in [2.24, 2.45) is 0 Å². The highest BCUT2D eigenvalue weighted by molar-refractivity contribution is 7.89. The van der Waals surface area contributed by atoms with Crippen molar-refractivity contribution >= 4 is 10.0 Å². The number of rotatable bonds is 8. The molecule has 0 saturated carbocycles. The van der Waals surface area contributed by atoms with Crippen LogP contribution in [0.5, 0.6) is 0 Å². The van der Waals surface area contributed by atoms with Gasteiger partial charge in [0.2, 0.25) is 10.0 Å². The molecular weight excluding hydrogens is 272 g/mol. The fourth-order valence-corrected chi connectivity index (χ4v) is 3.66. The van der Waals surface area contributed by atoms with E-state index in [0.717, 1.165) is 30.4 Å². The van der Waals surface area contributed by atoms with Crippen molar-refractivity contribution in [1.29, 1.82) is 0 Å². The molecule has 0 unspecified atom stereocenters. The van der Waals surface area contributed by atoms with Crippen LogP contribution >= 0.6 is 0 Å². The first-order valence-corrected chi connectivity index (χ1v) is 8.64. The van der Waals surface area contributed by atoms with Crippen molar-refractivity contribution in [2.75, 3.05) is 20.6 Å². The summed E-state index contributed by atoms with van der Waals surface area (Å²) >= 11 is 0. The van der Waals surface area contributed by atoms with E-state index in [1.165, 1.54) is 4.31 Å². The molecule has 0 spiro atoms. The highest BCUT2D eigenvalue weighted by Gasteiger charge is 2.23. The van der Waals surface area contributed by atoms with Crippen molar-refractivity contribution in [2.45, 2.75) is 44.6 Å². The maximum atomic E-state index is 12.7. The molecule has 0 heterocycles. The van der Waals surface area contributed by atoms with E-state index in [-0.39, 0.29) is 0 Å². The van der Waals surface area contributed by atoms with E-state index in [9.17, 15) is 8.42 Å². The lowest BCUT2D eigenvalue weighted by atomic mass is 10.1. The van der Waals surface area contributed by atoms with Crippen LogP contribution in [0.1, 0.15) is 37.8 Å². The van der Waals surface area contributed by atoms with E-state index < -0.39 is 10.0 Å². The summed E-state index contributed by atoms with van der Waals surface area (Å²) in [5.74, 6) is 0. The molecule has 1 aromatic carbocycles. The summed E-state index contributed by atoms with van der Waals surface area (Å²) in [7, 11) is 0.129. The Hall–Kier alpha value is -0.910. The number of nitrogens with one attached hydrogen (secondary N) is 1. The molecule has 1 rings (SSSR count). The minimum atomic E-state index is -3.39. The molecule has 0 aliphatic carbocycles. The molecule has 0 saturated heterocycles. The minimum Gasteiger partial charge on any atom is -0.316 e. The standard InChI is InChI=1S/C15H26N2O2S/c1-5-7-10-17(4)20(18,19)15-11-13(12-16-3)8-9-14(15)6-2/h8-9,11,16H,5-7,10,12H2,1-4H3. The molecule has 4 nitrogen and oxygen atoms in total. The molecule has 0 radical (unpaired) electrons. The molecule has 0 fully saturated rings. The van der Waals surface area contributed by atoms with Gasteiger partial charge in [0.05, 0.1) is 4.90 Å². The molecule has 114 valence electrons. The van der Waals surface area contributed by atoms with Crippen LogP contribution in [0.4, 0.5) is 0 Å². The van der Waals surface area contributed by atoms with Crippen molar-refractivity contribution in [1.82, 2.24) is 9.62 Å². The lowest BCUT2D eigenvalue weighted by molar-refractivity contribution is 0.458. The summed E-state index contributed by atoms with van der Waals surface area (Å²) in [4.78, 5) is 0.450. The quantitative estimate of drug-likeness (QED) is 0.801. The molecule has 1 N–H and O–H groups in total. The topological polar surface area (TPSA) is 49.4 Å². The van der Waals surface area contributed by atoms with Crippen LogP contribution in [0, 0.1) is 0 Å². The van der Waals surface area contributed by atoms with Gasteiger partial charge in [-0.05, 0) is 37.1 Å². The molecule has 0 amide bonds. The summed E-state index contributed by atoms with van der Waals surface area (Å²) in [6, 6.07) is 5.71.